The highest BCUT2D eigenvalue weighted by Gasteiger charge is 2.35. The van der Waals surface area contributed by atoms with Crippen molar-refractivity contribution in [1.29, 1.82) is 0 Å². The van der Waals surface area contributed by atoms with Gasteiger partial charge in [-0.25, -0.2) is 8.42 Å². The van der Waals surface area contributed by atoms with Crippen LogP contribution in [0.3, 0.4) is 0 Å². The number of rotatable bonds is 5. The summed E-state index contributed by atoms with van der Waals surface area (Å²) in [5.74, 6) is 0.320. The fourth-order valence-electron chi connectivity index (χ4n) is 2.98. The molecule has 1 aromatic carbocycles. The van der Waals surface area contributed by atoms with Crippen LogP contribution in [0.2, 0.25) is 18.6 Å². The van der Waals surface area contributed by atoms with Gasteiger partial charge in [-0.15, -0.1) is 0 Å². The quantitative estimate of drug-likeness (QED) is 0.745. The molecule has 1 aliphatic heterocycles. The lowest BCUT2D eigenvalue weighted by molar-refractivity contribution is 0.464. The van der Waals surface area contributed by atoms with Crippen LogP contribution in [0.25, 0.3) is 0 Å². The van der Waals surface area contributed by atoms with E-state index in [1.165, 1.54) is 17.7 Å². The zero-order chi connectivity index (χ0) is 17.3. The third-order valence-corrected chi connectivity index (χ3v) is 11.4. The number of nitrogens with zero attached hydrogens (tertiary/aromatic N) is 1. The molecular formula is C18H29NO2SSi. The second-order valence-electron chi connectivity index (χ2n) is 7.09. The van der Waals surface area contributed by atoms with Crippen molar-refractivity contribution in [1.82, 2.24) is 4.31 Å². The van der Waals surface area contributed by atoms with E-state index < -0.39 is 18.1 Å². The van der Waals surface area contributed by atoms with Crippen LogP contribution in [-0.4, -0.2) is 33.9 Å². The van der Waals surface area contributed by atoms with Gasteiger partial charge in [0.25, 0.3) is 0 Å². The lowest BCUT2D eigenvalue weighted by Crippen LogP contribution is -2.29. The molecule has 1 fully saturated rings. The van der Waals surface area contributed by atoms with E-state index >= 15 is 0 Å². The van der Waals surface area contributed by atoms with Crippen LogP contribution in [0.15, 0.2) is 40.4 Å². The summed E-state index contributed by atoms with van der Waals surface area (Å²) in [6, 6.07) is 9.58. The summed E-state index contributed by atoms with van der Waals surface area (Å²) in [7, 11) is -4.75. The molecule has 1 unspecified atom stereocenters. The molecule has 0 N–H and O–H groups in total. The standard InChI is InChI=1S/C18H29NO2SSi/c1-6-23(5,7-2)14-17-13-19(12-16(17)4)22(20,21)18-10-8-15(3)9-11-18/h8-11,14,16H,6-7,12-13H2,1-5H3/b17-14-. The van der Waals surface area contributed by atoms with Crippen molar-refractivity contribution in [3.8, 4) is 0 Å². The molecule has 1 aliphatic rings. The van der Waals surface area contributed by atoms with Crippen molar-refractivity contribution in [2.24, 2.45) is 5.92 Å². The molecule has 0 aromatic heterocycles. The highest BCUT2D eigenvalue weighted by molar-refractivity contribution is 7.89. The predicted octanol–water partition coefficient (Wildman–Crippen LogP) is 4.22. The van der Waals surface area contributed by atoms with Crippen molar-refractivity contribution >= 4 is 18.1 Å². The molecule has 0 saturated carbocycles. The Labute approximate surface area is 142 Å². The fraction of sp³-hybridized carbons (Fsp3) is 0.556. The zero-order valence-electron chi connectivity index (χ0n) is 15.0. The summed E-state index contributed by atoms with van der Waals surface area (Å²) in [5.41, 5.74) is 4.85. The Morgan fingerprint density at radius 3 is 2.30 bits per heavy atom. The molecule has 23 heavy (non-hydrogen) atoms. The Hall–Kier alpha value is -0.913. The van der Waals surface area contributed by atoms with Crippen LogP contribution < -0.4 is 0 Å². The first-order valence-electron chi connectivity index (χ1n) is 8.50. The summed E-state index contributed by atoms with van der Waals surface area (Å²) in [4.78, 5) is 0.405. The van der Waals surface area contributed by atoms with E-state index in [2.05, 4.69) is 33.0 Å². The molecule has 3 nitrogen and oxygen atoms in total. The second-order valence-corrected chi connectivity index (χ2v) is 14.0. The Morgan fingerprint density at radius 1 is 1.22 bits per heavy atom. The number of hydrogen-bond donors (Lipinski definition) is 0. The molecule has 0 radical (unpaired) electrons. The first-order chi connectivity index (χ1) is 10.7. The van der Waals surface area contributed by atoms with E-state index in [1.807, 2.05) is 19.1 Å². The molecule has 1 atom stereocenters. The first-order valence-corrected chi connectivity index (χ1v) is 12.9. The molecule has 1 heterocycles. The molecular weight excluding hydrogens is 322 g/mol. The topological polar surface area (TPSA) is 37.4 Å². The van der Waals surface area contributed by atoms with Gasteiger partial charge in [0.2, 0.25) is 10.0 Å². The molecule has 0 aliphatic carbocycles. The highest BCUT2D eigenvalue weighted by Crippen LogP contribution is 2.30. The van der Waals surface area contributed by atoms with Crippen molar-refractivity contribution in [3.63, 3.8) is 0 Å². The lowest BCUT2D eigenvalue weighted by atomic mass is 10.1. The summed E-state index contributed by atoms with van der Waals surface area (Å²) >= 11 is 0. The van der Waals surface area contributed by atoms with Crippen molar-refractivity contribution < 1.29 is 8.42 Å². The fourth-order valence-corrected chi connectivity index (χ4v) is 6.68. The van der Waals surface area contributed by atoms with Gasteiger partial charge in [0, 0.05) is 13.1 Å². The first kappa shape index (κ1) is 18.4. The average molecular weight is 352 g/mol. The normalized spacial score (nSPS) is 22.0. The average Bonchev–Trinajstić information content (AvgIpc) is 2.89. The maximum atomic E-state index is 12.9. The van der Waals surface area contributed by atoms with E-state index in [-0.39, 0.29) is 0 Å². The van der Waals surface area contributed by atoms with E-state index in [0.717, 1.165) is 5.56 Å². The van der Waals surface area contributed by atoms with Crippen LogP contribution in [0.4, 0.5) is 0 Å². The summed E-state index contributed by atoms with van der Waals surface area (Å²) < 4.78 is 27.4. The molecule has 0 amide bonds. The molecule has 0 spiro atoms. The Bertz CT molecular complexity index is 675. The van der Waals surface area contributed by atoms with Crippen LogP contribution in [0, 0.1) is 12.8 Å². The van der Waals surface area contributed by atoms with E-state index in [1.54, 1.807) is 16.4 Å². The number of benzene rings is 1. The summed E-state index contributed by atoms with van der Waals surface area (Å²) in [6.07, 6.45) is 0. The van der Waals surface area contributed by atoms with Gasteiger partial charge < -0.3 is 0 Å². The Kier molecular flexibility index (Phi) is 5.54. The molecule has 1 aromatic rings. The van der Waals surface area contributed by atoms with Gasteiger partial charge in [-0.2, -0.15) is 4.31 Å². The minimum atomic E-state index is -3.38. The van der Waals surface area contributed by atoms with Gasteiger partial charge in [-0.1, -0.05) is 68.4 Å². The Morgan fingerprint density at radius 2 is 1.78 bits per heavy atom. The molecule has 0 bridgehead atoms. The van der Waals surface area contributed by atoms with Gasteiger partial charge >= 0.3 is 0 Å². The van der Waals surface area contributed by atoms with Gasteiger partial charge in [0.05, 0.1) is 13.0 Å². The SMILES string of the molecule is CC[Si](C)(/C=C1/CN(S(=O)(=O)c2ccc(C)cc2)CC1C)CC. The largest absolute Gasteiger partial charge is 0.243 e. The van der Waals surface area contributed by atoms with Gasteiger partial charge in [0.15, 0.2) is 0 Å². The minimum absolute atomic E-state index is 0.320. The van der Waals surface area contributed by atoms with Gasteiger partial charge in [-0.3, -0.25) is 0 Å². The van der Waals surface area contributed by atoms with Crippen LogP contribution in [-0.2, 0) is 10.0 Å². The summed E-state index contributed by atoms with van der Waals surface area (Å²) in [5, 5.41) is 0. The number of hydrogen-bond acceptors (Lipinski definition) is 2. The maximum Gasteiger partial charge on any atom is 0.243 e. The Balaban J connectivity index is 2.27. The van der Waals surface area contributed by atoms with Crippen molar-refractivity contribution in [3.05, 3.63) is 41.1 Å². The molecule has 128 valence electrons. The van der Waals surface area contributed by atoms with E-state index in [4.69, 9.17) is 0 Å². The lowest BCUT2D eigenvalue weighted by Gasteiger charge is -2.21. The monoisotopic (exact) mass is 351 g/mol. The summed E-state index contributed by atoms with van der Waals surface area (Å²) in [6.45, 7) is 12.2. The smallest absolute Gasteiger partial charge is 0.207 e. The zero-order valence-corrected chi connectivity index (χ0v) is 16.8. The van der Waals surface area contributed by atoms with Crippen LogP contribution >= 0.6 is 0 Å². The third kappa shape index (κ3) is 3.95. The number of sulfonamides is 1. The number of aryl methyl sites for hydroxylation is 1. The van der Waals surface area contributed by atoms with Crippen molar-refractivity contribution in [2.45, 2.75) is 51.2 Å². The van der Waals surface area contributed by atoms with Gasteiger partial charge in [0.1, 0.15) is 0 Å². The predicted molar refractivity (Wildman–Crippen MR) is 99.8 cm³/mol. The molecule has 5 heteroatoms. The van der Waals surface area contributed by atoms with Crippen LogP contribution in [0.5, 0.6) is 0 Å². The minimum Gasteiger partial charge on any atom is -0.207 e. The molecule has 2 rings (SSSR count). The maximum absolute atomic E-state index is 12.9. The highest BCUT2D eigenvalue weighted by atomic mass is 32.2. The second kappa shape index (κ2) is 6.91. The van der Waals surface area contributed by atoms with Gasteiger partial charge in [-0.05, 0) is 25.0 Å². The van der Waals surface area contributed by atoms with E-state index in [9.17, 15) is 8.42 Å². The van der Waals surface area contributed by atoms with E-state index in [0.29, 0.717) is 23.9 Å². The van der Waals surface area contributed by atoms with Crippen molar-refractivity contribution in [2.75, 3.05) is 13.1 Å². The molecule has 1 saturated heterocycles. The van der Waals surface area contributed by atoms with Crippen LogP contribution in [0.1, 0.15) is 26.3 Å². The third-order valence-electron chi connectivity index (χ3n) is 5.28.